The molecule has 0 unspecified atom stereocenters. The lowest BCUT2D eigenvalue weighted by Gasteiger charge is -2.47. The Labute approximate surface area is 161 Å². The van der Waals surface area contributed by atoms with E-state index in [0.29, 0.717) is 12.0 Å². The van der Waals surface area contributed by atoms with Crippen molar-refractivity contribution in [2.45, 2.75) is 52.2 Å². The molecule has 27 heavy (non-hydrogen) atoms. The van der Waals surface area contributed by atoms with E-state index in [0.717, 1.165) is 62.6 Å². The van der Waals surface area contributed by atoms with E-state index >= 15 is 0 Å². The SMILES string of the molecule is CCn1nc(C)cc1C(=O)N1CCC[C@@H]2CN(Cc3ccccn3)CC[C@@H]21. The number of likely N-dealkylation sites (tertiary alicyclic amines) is 2. The fraction of sp³-hybridized carbons (Fsp3) is 0.571. The highest BCUT2D eigenvalue weighted by atomic mass is 16.2. The van der Waals surface area contributed by atoms with E-state index in [-0.39, 0.29) is 5.91 Å². The van der Waals surface area contributed by atoms with Gasteiger partial charge >= 0.3 is 0 Å². The fourth-order valence-electron chi connectivity index (χ4n) is 4.70. The number of rotatable bonds is 4. The van der Waals surface area contributed by atoms with Gasteiger partial charge in [-0.1, -0.05) is 6.07 Å². The second-order valence-electron chi connectivity index (χ2n) is 7.80. The van der Waals surface area contributed by atoms with Crippen molar-refractivity contribution in [1.29, 1.82) is 0 Å². The van der Waals surface area contributed by atoms with Crippen molar-refractivity contribution in [3.8, 4) is 0 Å². The number of piperidine rings is 2. The van der Waals surface area contributed by atoms with E-state index in [4.69, 9.17) is 0 Å². The molecule has 0 saturated carbocycles. The summed E-state index contributed by atoms with van der Waals surface area (Å²) in [6.07, 6.45) is 5.20. The molecule has 2 aliphatic rings. The van der Waals surface area contributed by atoms with E-state index < -0.39 is 0 Å². The van der Waals surface area contributed by atoms with Crippen molar-refractivity contribution in [3.63, 3.8) is 0 Å². The maximum Gasteiger partial charge on any atom is 0.272 e. The molecular weight excluding hydrogens is 338 g/mol. The van der Waals surface area contributed by atoms with Gasteiger partial charge in [0.2, 0.25) is 0 Å². The van der Waals surface area contributed by atoms with Crippen LogP contribution in [-0.4, -0.2) is 56.1 Å². The summed E-state index contributed by atoms with van der Waals surface area (Å²) in [5, 5.41) is 4.46. The molecular formula is C21H29N5O. The zero-order valence-electron chi connectivity index (χ0n) is 16.3. The molecule has 0 radical (unpaired) electrons. The average molecular weight is 367 g/mol. The first-order valence-electron chi connectivity index (χ1n) is 10.1. The number of aryl methyl sites for hydroxylation is 2. The highest BCUT2D eigenvalue weighted by Crippen LogP contribution is 2.32. The Hall–Kier alpha value is -2.21. The largest absolute Gasteiger partial charge is 0.334 e. The summed E-state index contributed by atoms with van der Waals surface area (Å²) in [6, 6.07) is 8.40. The van der Waals surface area contributed by atoms with Crippen molar-refractivity contribution in [3.05, 3.63) is 47.5 Å². The van der Waals surface area contributed by atoms with Gasteiger partial charge in [-0.15, -0.1) is 0 Å². The van der Waals surface area contributed by atoms with Gasteiger partial charge in [0, 0.05) is 45.0 Å². The summed E-state index contributed by atoms with van der Waals surface area (Å²) in [4.78, 5) is 22.4. The Balaban J connectivity index is 1.46. The van der Waals surface area contributed by atoms with Crippen molar-refractivity contribution >= 4 is 5.91 Å². The lowest BCUT2D eigenvalue weighted by atomic mass is 9.83. The number of fused-ring (bicyclic) bond motifs is 1. The monoisotopic (exact) mass is 367 g/mol. The first-order chi connectivity index (χ1) is 13.2. The molecule has 2 aromatic rings. The number of carbonyl (C=O) groups excluding carboxylic acids is 1. The van der Waals surface area contributed by atoms with Gasteiger partial charge in [-0.05, 0) is 57.2 Å². The van der Waals surface area contributed by atoms with Gasteiger partial charge in [-0.25, -0.2) is 0 Å². The minimum atomic E-state index is 0.158. The number of pyridine rings is 1. The average Bonchev–Trinajstić information content (AvgIpc) is 3.08. The highest BCUT2D eigenvalue weighted by Gasteiger charge is 2.39. The predicted molar refractivity (Wildman–Crippen MR) is 104 cm³/mol. The molecule has 6 heteroatoms. The van der Waals surface area contributed by atoms with Crippen LogP contribution in [-0.2, 0) is 13.1 Å². The van der Waals surface area contributed by atoms with Crippen molar-refractivity contribution < 1.29 is 4.79 Å². The van der Waals surface area contributed by atoms with E-state index in [1.807, 2.05) is 36.9 Å². The lowest BCUT2D eigenvalue weighted by molar-refractivity contribution is 0.0173. The molecule has 0 aromatic carbocycles. The van der Waals surface area contributed by atoms with Gasteiger partial charge in [0.15, 0.2) is 0 Å². The molecule has 2 saturated heterocycles. The fourth-order valence-corrected chi connectivity index (χ4v) is 4.70. The van der Waals surface area contributed by atoms with Gasteiger partial charge < -0.3 is 4.90 Å². The topological polar surface area (TPSA) is 54.3 Å². The van der Waals surface area contributed by atoms with E-state index in [2.05, 4.69) is 32.0 Å². The van der Waals surface area contributed by atoms with Crippen molar-refractivity contribution in [2.24, 2.45) is 5.92 Å². The van der Waals surface area contributed by atoms with E-state index in [1.54, 1.807) is 0 Å². The van der Waals surface area contributed by atoms with Gasteiger partial charge in [0.1, 0.15) is 5.69 Å². The van der Waals surface area contributed by atoms with Gasteiger partial charge in [-0.2, -0.15) is 5.10 Å². The van der Waals surface area contributed by atoms with Crippen LogP contribution in [0.1, 0.15) is 48.1 Å². The number of aromatic nitrogens is 3. The molecule has 0 bridgehead atoms. The van der Waals surface area contributed by atoms with Crippen LogP contribution >= 0.6 is 0 Å². The van der Waals surface area contributed by atoms with Crippen LogP contribution < -0.4 is 0 Å². The molecule has 2 aromatic heterocycles. The Morgan fingerprint density at radius 2 is 2.15 bits per heavy atom. The minimum Gasteiger partial charge on any atom is -0.334 e. The molecule has 2 fully saturated rings. The number of hydrogen-bond acceptors (Lipinski definition) is 4. The van der Waals surface area contributed by atoms with Crippen LogP contribution in [0, 0.1) is 12.8 Å². The Morgan fingerprint density at radius 1 is 1.26 bits per heavy atom. The number of amides is 1. The summed E-state index contributed by atoms with van der Waals surface area (Å²) in [6.45, 7) is 8.57. The first kappa shape index (κ1) is 18.2. The van der Waals surface area contributed by atoms with E-state index in [1.165, 1.54) is 6.42 Å². The molecule has 2 atom stereocenters. The predicted octanol–water partition coefficient (Wildman–Crippen LogP) is 2.73. The number of hydrogen-bond donors (Lipinski definition) is 0. The summed E-state index contributed by atoms with van der Waals surface area (Å²) >= 11 is 0. The maximum atomic E-state index is 13.3. The second-order valence-corrected chi connectivity index (χ2v) is 7.80. The van der Waals surface area contributed by atoms with Gasteiger partial charge in [-0.3, -0.25) is 19.4 Å². The van der Waals surface area contributed by atoms with Gasteiger partial charge in [0.25, 0.3) is 5.91 Å². The summed E-state index contributed by atoms with van der Waals surface area (Å²) in [5.41, 5.74) is 2.78. The van der Waals surface area contributed by atoms with Crippen molar-refractivity contribution in [2.75, 3.05) is 19.6 Å². The zero-order chi connectivity index (χ0) is 18.8. The molecule has 0 aliphatic carbocycles. The third-order valence-electron chi connectivity index (χ3n) is 5.95. The molecule has 4 heterocycles. The lowest BCUT2D eigenvalue weighted by Crippen LogP contribution is -2.55. The van der Waals surface area contributed by atoms with Crippen LogP contribution in [0.15, 0.2) is 30.5 Å². The standard InChI is InChI=1S/C21H29N5O/c1-3-26-20(13-16(2)23-26)21(27)25-11-6-7-17-14-24(12-9-19(17)25)15-18-8-4-5-10-22-18/h4-5,8,10,13,17,19H,3,6-7,9,11-12,14-15H2,1-2H3/t17-,19+/m1/s1. The summed E-state index contributed by atoms with van der Waals surface area (Å²) in [5.74, 6) is 0.713. The Bertz CT molecular complexity index is 787. The minimum absolute atomic E-state index is 0.158. The normalized spacial score (nSPS) is 23.3. The van der Waals surface area contributed by atoms with Crippen molar-refractivity contribution in [1.82, 2.24) is 24.6 Å². The molecule has 6 nitrogen and oxygen atoms in total. The number of nitrogens with zero attached hydrogens (tertiary/aromatic N) is 5. The molecule has 144 valence electrons. The molecule has 1 amide bonds. The quantitative estimate of drug-likeness (QED) is 0.834. The summed E-state index contributed by atoms with van der Waals surface area (Å²) < 4.78 is 1.84. The number of carbonyl (C=O) groups is 1. The third kappa shape index (κ3) is 3.76. The molecule has 2 aliphatic heterocycles. The smallest absolute Gasteiger partial charge is 0.272 e. The summed E-state index contributed by atoms with van der Waals surface area (Å²) in [7, 11) is 0. The second kappa shape index (κ2) is 7.80. The van der Waals surface area contributed by atoms with Crippen LogP contribution in [0.25, 0.3) is 0 Å². The Kier molecular flexibility index (Phi) is 5.25. The Morgan fingerprint density at radius 3 is 2.93 bits per heavy atom. The molecule has 0 spiro atoms. The van der Waals surface area contributed by atoms with Gasteiger partial charge in [0.05, 0.1) is 11.4 Å². The highest BCUT2D eigenvalue weighted by molar-refractivity contribution is 5.93. The van der Waals surface area contributed by atoms with Crippen LogP contribution in [0.3, 0.4) is 0 Å². The maximum absolute atomic E-state index is 13.3. The molecule has 0 N–H and O–H groups in total. The van der Waals surface area contributed by atoms with Crippen LogP contribution in [0.4, 0.5) is 0 Å². The van der Waals surface area contributed by atoms with E-state index in [9.17, 15) is 4.79 Å². The first-order valence-corrected chi connectivity index (χ1v) is 10.1. The van der Waals surface area contributed by atoms with Crippen LogP contribution in [0.5, 0.6) is 0 Å². The molecule has 4 rings (SSSR count). The third-order valence-corrected chi connectivity index (χ3v) is 5.95. The zero-order valence-corrected chi connectivity index (χ0v) is 16.3. The van der Waals surface area contributed by atoms with Crippen LogP contribution in [0.2, 0.25) is 0 Å².